The molecule has 3 heterocycles. The average molecular weight is 482 g/mol. The van der Waals surface area contributed by atoms with Gasteiger partial charge < -0.3 is 20.5 Å². The van der Waals surface area contributed by atoms with Gasteiger partial charge in [-0.3, -0.25) is 9.69 Å². The third-order valence-corrected chi connectivity index (χ3v) is 6.12. The highest BCUT2D eigenvalue weighted by atomic mass is 32.2. The van der Waals surface area contributed by atoms with Crippen molar-refractivity contribution in [2.24, 2.45) is 5.73 Å². The van der Waals surface area contributed by atoms with E-state index in [1.165, 1.54) is 0 Å². The molecule has 3 N–H and O–H groups in total. The first-order valence-electron chi connectivity index (χ1n) is 10.3. The quantitative estimate of drug-likeness (QED) is 0.460. The molecule has 0 bridgehead atoms. The minimum absolute atomic E-state index is 0.213. The number of ether oxygens (including phenoxy) is 2. The van der Waals surface area contributed by atoms with E-state index in [2.05, 4.69) is 20.2 Å². The van der Waals surface area contributed by atoms with Gasteiger partial charge in [-0.05, 0) is 30.7 Å². The van der Waals surface area contributed by atoms with Crippen LogP contribution in [0.15, 0.2) is 40.4 Å². The van der Waals surface area contributed by atoms with Crippen molar-refractivity contribution in [1.29, 1.82) is 0 Å². The lowest BCUT2D eigenvalue weighted by atomic mass is 10.2. The van der Waals surface area contributed by atoms with E-state index < -0.39 is 17.8 Å². The number of amides is 1. The molecule has 2 aromatic rings. The molecule has 33 heavy (non-hydrogen) atoms. The zero-order valence-corrected chi connectivity index (χ0v) is 18.3. The van der Waals surface area contributed by atoms with Gasteiger partial charge >= 0.3 is 6.18 Å². The summed E-state index contributed by atoms with van der Waals surface area (Å²) in [5.41, 5.74) is 4.78. The van der Waals surface area contributed by atoms with Crippen molar-refractivity contribution in [3.05, 3.63) is 47.0 Å². The standard InChI is InChI=1S/C21H22F3N5O3S/c22-21(23,24)16-4-5-26-19(28-16)17(18(25)30)20-27-14-3-2-13(12-15(14)33-20)32-9-1-6-29-7-10-31-11-8-29/h2-5,12,27H,1,6-11H2,(H2,25,30)/b20-17-. The first kappa shape index (κ1) is 23.3. The fourth-order valence-corrected chi connectivity index (χ4v) is 4.49. The molecule has 2 aliphatic rings. The number of fused-ring (bicyclic) bond motifs is 1. The summed E-state index contributed by atoms with van der Waals surface area (Å²) >= 11 is 1.16. The second kappa shape index (κ2) is 9.98. The van der Waals surface area contributed by atoms with Crippen LogP contribution in [0.4, 0.5) is 18.9 Å². The first-order chi connectivity index (χ1) is 15.8. The lowest BCUT2D eigenvalue weighted by molar-refractivity contribution is -0.141. The van der Waals surface area contributed by atoms with Gasteiger partial charge in [0, 0.05) is 30.7 Å². The summed E-state index contributed by atoms with van der Waals surface area (Å²) in [5.74, 6) is -0.668. The Balaban J connectivity index is 1.45. The molecular formula is C21H22F3N5O3S. The van der Waals surface area contributed by atoms with Crippen molar-refractivity contribution in [1.82, 2.24) is 14.9 Å². The molecule has 0 saturated carbocycles. The van der Waals surface area contributed by atoms with Crippen LogP contribution in [0.25, 0.3) is 5.57 Å². The molecule has 2 aliphatic heterocycles. The molecule has 0 radical (unpaired) electrons. The van der Waals surface area contributed by atoms with Crippen molar-refractivity contribution in [3.8, 4) is 5.75 Å². The number of benzene rings is 1. The minimum atomic E-state index is -4.67. The van der Waals surface area contributed by atoms with Crippen LogP contribution in [-0.4, -0.2) is 60.2 Å². The molecule has 1 aromatic heterocycles. The molecule has 0 atom stereocenters. The Morgan fingerprint density at radius 2 is 2.06 bits per heavy atom. The van der Waals surface area contributed by atoms with Crippen molar-refractivity contribution >= 4 is 28.9 Å². The maximum absolute atomic E-state index is 13.0. The minimum Gasteiger partial charge on any atom is -0.494 e. The number of anilines is 1. The Bertz CT molecular complexity index is 1060. The number of nitrogens with two attached hydrogens (primary N) is 1. The highest BCUT2D eigenvalue weighted by Gasteiger charge is 2.34. The smallest absolute Gasteiger partial charge is 0.433 e. The summed E-state index contributed by atoms with van der Waals surface area (Å²) in [7, 11) is 0. The second-order valence-electron chi connectivity index (χ2n) is 7.37. The van der Waals surface area contributed by atoms with Gasteiger partial charge in [-0.1, -0.05) is 11.8 Å². The van der Waals surface area contributed by atoms with Crippen LogP contribution in [0, 0.1) is 0 Å². The molecule has 0 unspecified atom stereocenters. The monoisotopic (exact) mass is 481 g/mol. The lowest BCUT2D eigenvalue weighted by Gasteiger charge is -2.26. The van der Waals surface area contributed by atoms with Crippen molar-refractivity contribution < 1.29 is 27.4 Å². The molecular weight excluding hydrogens is 459 g/mol. The highest BCUT2D eigenvalue weighted by Crippen LogP contribution is 2.45. The van der Waals surface area contributed by atoms with Gasteiger partial charge in [0.25, 0.3) is 5.91 Å². The summed E-state index contributed by atoms with van der Waals surface area (Å²) in [6.45, 7) is 4.83. The average Bonchev–Trinajstić information content (AvgIpc) is 3.19. The molecule has 176 valence electrons. The van der Waals surface area contributed by atoms with Crippen LogP contribution in [0.2, 0.25) is 0 Å². The molecule has 0 aliphatic carbocycles. The summed E-state index contributed by atoms with van der Waals surface area (Å²) in [6, 6.07) is 6.10. The van der Waals surface area contributed by atoms with E-state index in [4.69, 9.17) is 15.2 Å². The first-order valence-corrected chi connectivity index (χ1v) is 11.1. The molecule has 1 saturated heterocycles. The number of nitrogens with zero attached hydrogens (tertiary/aromatic N) is 3. The summed E-state index contributed by atoms with van der Waals surface area (Å²) in [5, 5.41) is 3.28. The third kappa shape index (κ3) is 5.75. The summed E-state index contributed by atoms with van der Waals surface area (Å²) in [4.78, 5) is 22.5. The summed E-state index contributed by atoms with van der Waals surface area (Å²) in [6.07, 6.45) is -2.85. The predicted octanol–water partition coefficient (Wildman–Crippen LogP) is 2.97. The SMILES string of the molecule is NC(=O)/C(=C1\Nc2ccc(OCCCN3CCOCC3)cc2S1)c1nccc(C(F)(F)F)n1. The van der Waals surface area contributed by atoms with Gasteiger partial charge in [0.05, 0.1) is 30.5 Å². The maximum Gasteiger partial charge on any atom is 0.433 e. The maximum atomic E-state index is 13.0. The molecule has 1 fully saturated rings. The van der Waals surface area contributed by atoms with Gasteiger partial charge in [0.1, 0.15) is 17.0 Å². The topological polar surface area (TPSA) is 103 Å². The molecule has 1 amide bonds. The Morgan fingerprint density at radius 1 is 1.27 bits per heavy atom. The van der Waals surface area contributed by atoms with Gasteiger partial charge in [-0.25, -0.2) is 9.97 Å². The number of aromatic nitrogens is 2. The molecule has 12 heteroatoms. The van der Waals surface area contributed by atoms with E-state index in [0.29, 0.717) is 18.0 Å². The number of rotatable bonds is 7. The van der Waals surface area contributed by atoms with Gasteiger partial charge in [-0.15, -0.1) is 0 Å². The van der Waals surface area contributed by atoms with Gasteiger partial charge in [-0.2, -0.15) is 13.2 Å². The second-order valence-corrected chi connectivity index (χ2v) is 8.42. The van der Waals surface area contributed by atoms with Crippen LogP contribution in [0.1, 0.15) is 17.9 Å². The number of thioether (sulfide) groups is 1. The van der Waals surface area contributed by atoms with Crippen LogP contribution >= 0.6 is 11.8 Å². The molecule has 4 rings (SSSR count). The van der Waals surface area contributed by atoms with Crippen LogP contribution in [-0.2, 0) is 15.7 Å². The van der Waals surface area contributed by atoms with Gasteiger partial charge in [0.2, 0.25) is 0 Å². The Morgan fingerprint density at radius 3 is 2.79 bits per heavy atom. The molecule has 8 nitrogen and oxygen atoms in total. The van der Waals surface area contributed by atoms with E-state index in [-0.39, 0.29) is 16.4 Å². The van der Waals surface area contributed by atoms with Crippen molar-refractivity contribution in [2.75, 3.05) is 44.8 Å². The van der Waals surface area contributed by atoms with Crippen LogP contribution < -0.4 is 15.8 Å². The molecule has 1 aromatic carbocycles. The number of morpholine rings is 1. The summed E-state index contributed by atoms with van der Waals surface area (Å²) < 4.78 is 50.3. The largest absolute Gasteiger partial charge is 0.494 e. The van der Waals surface area contributed by atoms with Crippen LogP contribution in [0.5, 0.6) is 5.75 Å². The van der Waals surface area contributed by atoms with Crippen molar-refractivity contribution in [2.45, 2.75) is 17.5 Å². The zero-order valence-electron chi connectivity index (χ0n) is 17.5. The fraction of sp³-hybridized carbons (Fsp3) is 0.381. The molecule has 0 spiro atoms. The number of hydrogen-bond donors (Lipinski definition) is 2. The third-order valence-electron chi connectivity index (χ3n) is 5.05. The van der Waals surface area contributed by atoms with E-state index in [1.54, 1.807) is 18.2 Å². The normalized spacial score (nSPS) is 17.9. The Kier molecular flexibility index (Phi) is 7.05. The highest BCUT2D eigenvalue weighted by molar-refractivity contribution is 8.04. The zero-order chi connectivity index (χ0) is 23.4. The Labute approximate surface area is 192 Å². The van der Waals surface area contributed by atoms with Crippen molar-refractivity contribution in [3.63, 3.8) is 0 Å². The number of carbonyl (C=O) groups excluding carboxylic acids is 1. The lowest BCUT2D eigenvalue weighted by Crippen LogP contribution is -2.37. The number of alkyl halides is 3. The number of halogens is 3. The number of carbonyl (C=O) groups is 1. The predicted molar refractivity (Wildman–Crippen MR) is 116 cm³/mol. The Hall–Kier alpha value is -2.83. The van der Waals surface area contributed by atoms with E-state index in [9.17, 15) is 18.0 Å². The van der Waals surface area contributed by atoms with Gasteiger partial charge in [0.15, 0.2) is 5.82 Å². The number of primary amides is 1. The number of hydrogen-bond acceptors (Lipinski definition) is 8. The van der Waals surface area contributed by atoms with E-state index in [0.717, 1.165) is 68.2 Å². The number of nitrogens with one attached hydrogen (secondary N) is 1. The van der Waals surface area contributed by atoms with E-state index in [1.807, 2.05) is 0 Å². The van der Waals surface area contributed by atoms with E-state index >= 15 is 0 Å². The fourth-order valence-electron chi connectivity index (χ4n) is 3.42. The van der Waals surface area contributed by atoms with Crippen LogP contribution in [0.3, 0.4) is 0 Å².